The number of aromatic nitrogens is 2. The Hall–Kier alpha value is -0.195. The van der Waals surface area contributed by atoms with Crippen LogP contribution in [0.1, 0.15) is 5.69 Å². The van der Waals surface area contributed by atoms with Crippen LogP contribution in [0.15, 0.2) is 0 Å². The van der Waals surface area contributed by atoms with Crippen molar-refractivity contribution in [3.05, 3.63) is 5.69 Å². The second kappa shape index (κ2) is 2.81. The topological polar surface area (TPSA) is 43.8 Å². The first-order chi connectivity index (χ1) is 4.66. The molecule has 5 heteroatoms. The van der Waals surface area contributed by atoms with E-state index in [1.807, 2.05) is 21.0 Å². The van der Waals surface area contributed by atoms with Gasteiger partial charge in [-0.3, -0.25) is 0 Å². The maximum atomic E-state index is 5.58. The number of nitrogen functional groups attached to an aromatic ring is 1. The van der Waals surface area contributed by atoms with Gasteiger partial charge < -0.3 is 5.73 Å². The summed E-state index contributed by atoms with van der Waals surface area (Å²) >= 11 is 2.10. The molecule has 0 spiro atoms. The molecule has 0 aliphatic rings. The summed E-state index contributed by atoms with van der Waals surface area (Å²) in [7, 11) is 1.97. The van der Waals surface area contributed by atoms with Gasteiger partial charge in [0.15, 0.2) is 7.28 Å². The van der Waals surface area contributed by atoms with Crippen molar-refractivity contribution in [1.29, 1.82) is 0 Å². The molecule has 0 atom stereocenters. The minimum absolute atomic E-state index is 0.606. The summed E-state index contributed by atoms with van der Waals surface area (Å²) in [6.45, 7) is 3.95. The van der Waals surface area contributed by atoms with Crippen molar-refractivity contribution >= 4 is 41.4 Å². The summed E-state index contributed by atoms with van der Waals surface area (Å²) in [4.78, 5) is 0. The molecule has 1 rings (SSSR count). The molecule has 0 bridgehead atoms. The Morgan fingerprint density at radius 1 is 1.70 bits per heavy atom. The molecule has 0 aliphatic heterocycles. The van der Waals surface area contributed by atoms with Gasteiger partial charge >= 0.3 is 0 Å². The monoisotopic (exact) mass is 248 g/mol. The quantitative estimate of drug-likeness (QED) is 0.575. The van der Waals surface area contributed by atoms with Crippen molar-refractivity contribution in [1.82, 2.24) is 7.99 Å². The fourth-order valence-corrected chi connectivity index (χ4v) is 1.36. The maximum absolute atomic E-state index is 5.58. The highest BCUT2D eigenvalue weighted by Crippen LogP contribution is 2.03. The second-order valence-electron chi connectivity index (χ2n) is 2.03. The van der Waals surface area contributed by atoms with E-state index in [4.69, 9.17) is 5.73 Å². The molecule has 1 radical (unpaired) electrons. The van der Waals surface area contributed by atoms with Crippen LogP contribution in [0.4, 0.5) is 5.82 Å². The third-order valence-electron chi connectivity index (χ3n) is 1.43. The van der Waals surface area contributed by atoms with Crippen molar-refractivity contribution in [2.24, 2.45) is 0 Å². The average molecular weight is 248 g/mol. The lowest BCUT2D eigenvalue weighted by Crippen LogP contribution is -2.16. The van der Waals surface area contributed by atoms with E-state index in [1.54, 1.807) is 2.90 Å². The van der Waals surface area contributed by atoms with Crippen LogP contribution in [-0.2, 0) is 0 Å². The highest BCUT2D eigenvalue weighted by Gasteiger charge is 2.07. The highest BCUT2D eigenvalue weighted by molar-refractivity contribution is 14.1. The first-order valence-electron chi connectivity index (χ1n) is 2.97. The maximum Gasteiger partial charge on any atom is 0.155 e. The Bertz CT molecular complexity index is 245. The Kier molecular flexibility index (Phi) is 2.23. The summed E-state index contributed by atoms with van der Waals surface area (Å²) in [6, 6.07) is 0. The number of rotatable bonds is 1. The molecule has 0 saturated heterocycles. The first-order valence-corrected chi connectivity index (χ1v) is 3.94. The fourth-order valence-electron chi connectivity index (χ4n) is 0.865. The van der Waals surface area contributed by atoms with E-state index in [9.17, 15) is 0 Å². The van der Waals surface area contributed by atoms with Gasteiger partial charge in [-0.05, 0) is 12.4 Å². The molecule has 0 amide bonds. The van der Waals surface area contributed by atoms with Gasteiger partial charge in [-0.15, -0.1) is 5.10 Å². The lowest BCUT2D eigenvalue weighted by molar-refractivity contribution is 1.02. The zero-order chi connectivity index (χ0) is 7.72. The summed E-state index contributed by atoms with van der Waals surface area (Å²) in [5, 5.41) is 4.03. The van der Waals surface area contributed by atoms with Gasteiger partial charge in [0, 0.05) is 5.69 Å². The number of nitrogens with two attached hydrogens (primary N) is 1. The highest BCUT2D eigenvalue weighted by atomic mass is 127. The third-order valence-corrected chi connectivity index (χ3v) is 2.37. The molecule has 1 heterocycles. The van der Waals surface area contributed by atoms with E-state index < -0.39 is 0 Å². The van der Waals surface area contributed by atoms with Crippen molar-refractivity contribution in [3.8, 4) is 0 Å². The molecule has 53 valence electrons. The predicted octanol–water partition coefficient (Wildman–Crippen LogP) is 0.349. The van der Waals surface area contributed by atoms with Crippen LogP contribution < -0.4 is 11.2 Å². The lowest BCUT2D eigenvalue weighted by Gasteiger charge is -1.91. The molecule has 0 fully saturated rings. The Morgan fingerprint density at radius 2 is 2.30 bits per heavy atom. The Balaban J connectivity index is 3.20. The smallest absolute Gasteiger partial charge is 0.155 e. The predicted molar refractivity (Wildman–Crippen MR) is 52.0 cm³/mol. The van der Waals surface area contributed by atoms with E-state index in [0.717, 1.165) is 11.2 Å². The molecular weight excluding hydrogens is 240 g/mol. The van der Waals surface area contributed by atoms with Gasteiger partial charge in [-0.2, -0.15) is 0 Å². The Morgan fingerprint density at radius 3 is 2.50 bits per heavy atom. The van der Waals surface area contributed by atoms with Gasteiger partial charge in [-0.1, -0.05) is 6.82 Å². The molecular formula is C5H8BIN3. The summed E-state index contributed by atoms with van der Waals surface area (Å²) in [5.74, 6) is 0.606. The molecule has 0 aromatic carbocycles. The molecule has 2 N–H and O–H groups in total. The van der Waals surface area contributed by atoms with Crippen LogP contribution >= 0.6 is 22.9 Å². The van der Waals surface area contributed by atoms with Gasteiger partial charge in [0.2, 0.25) is 0 Å². The van der Waals surface area contributed by atoms with Crippen LogP contribution in [-0.4, -0.2) is 15.3 Å². The molecule has 0 aliphatic carbocycles. The van der Waals surface area contributed by atoms with E-state index >= 15 is 0 Å². The number of hydrogen-bond donors (Lipinski definition) is 1. The number of hydrogen-bond acceptors (Lipinski definition) is 2. The molecule has 3 nitrogen and oxygen atoms in total. The van der Waals surface area contributed by atoms with Crippen LogP contribution in [0, 0.1) is 6.92 Å². The van der Waals surface area contributed by atoms with E-state index in [1.165, 1.54) is 0 Å². The second-order valence-corrected chi connectivity index (χ2v) is 2.95. The number of anilines is 1. The first kappa shape index (κ1) is 7.91. The Labute approximate surface area is 74.7 Å². The minimum Gasteiger partial charge on any atom is -0.383 e. The van der Waals surface area contributed by atoms with Gasteiger partial charge in [0.05, 0.1) is 22.9 Å². The van der Waals surface area contributed by atoms with Crippen LogP contribution in [0.25, 0.3) is 0 Å². The molecule has 1 aromatic heterocycles. The van der Waals surface area contributed by atoms with Crippen LogP contribution in [0.5, 0.6) is 0 Å². The largest absolute Gasteiger partial charge is 0.383 e. The fraction of sp³-hybridized carbons (Fsp3) is 0.400. The minimum atomic E-state index is 0.606. The lowest BCUT2D eigenvalue weighted by atomic mass is 9.73. The van der Waals surface area contributed by atoms with Crippen molar-refractivity contribution < 1.29 is 0 Å². The zero-order valence-corrected chi connectivity index (χ0v) is 8.08. The zero-order valence-electron chi connectivity index (χ0n) is 5.93. The van der Waals surface area contributed by atoms with Crippen LogP contribution in [0.3, 0.4) is 0 Å². The van der Waals surface area contributed by atoms with E-state index in [2.05, 4.69) is 28.0 Å². The van der Waals surface area contributed by atoms with E-state index in [-0.39, 0.29) is 0 Å². The number of nitrogens with zero attached hydrogens (tertiary/aromatic N) is 2. The van der Waals surface area contributed by atoms with Gasteiger partial charge in [-0.25, -0.2) is 2.90 Å². The number of halogens is 1. The summed E-state index contributed by atoms with van der Waals surface area (Å²) < 4.78 is 1.75. The van der Waals surface area contributed by atoms with E-state index in [0.29, 0.717) is 5.82 Å². The molecule has 0 unspecified atom stereocenters. The average Bonchev–Trinajstić information content (AvgIpc) is 2.09. The van der Waals surface area contributed by atoms with Gasteiger partial charge in [0.1, 0.15) is 5.82 Å². The van der Waals surface area contributed by atoms with Crippen LogP contribution in [0.2, 0.25) is 6.82 Å². The normalized spacial score (nSPS) is 9.90. The summed E-state index contributed by atoms with van der Waals surface area (Å²) in [6.07, 6.45) is 0. The van der Waals surface area contributed by atoms with Crippen molar-refractivity contribution in [3.63, 3.8) is 0 Å². The standard InChI is InChI=1S/C5H8BIN3/c1-3-4(6-2)5(8)9-10(3)7/h1-2H3,(H2,8,9). The SMILES string of the molecule is C[B]c1c(N)nn(I)c1C. The summed E-state index contributed by atoms with van der Waals surface area (Å²) in [5.41, 5.74) is 7.72. The van der Waals surface area contributed by atoms with Crippen molar-refractivity contribution in [2.75, 3.05) is 5.73 Å². The third kappa shape index (κ3) is 1.14. The van der Waals surface area contributed by atoms with Gasteiger partial charge in [0.25, 0.3) is 0 Å². The molecule has 10 heavy (non-hydrogen) atoms. The van der Waals surface area contributed by atoms with Crippen molar-refractivity contribution in [2.45, 2.75) is 13.7 Å². The molecule has 1 aromatic rings. The molecule has 0 saturated carbocycles.